The lowest BCUT2D eigenvalue weighted by atomic mass is 10.8. The van der Waals surface area contributed by atoms with Gasteiger partial charge >= 0.3 is 15.5 Å². The van der Waals surface area contributed by atoms with E-state index in [4.69, 9.17) is 0 Å². The Hall–Kier alpha value is -0.370. The minimum absolute atomic E-state index is 2.13. The van der Waals surface area contributed by atoms with Crippen molar-refractivity contribution in [1.29, 1.82) is 0 Å². The van der Waals surface area contributed by atoms with Gasteiger partial charge in [-0.1, -0.05) is 3.89 Å². The van der Waals surface area contributed by atoms with Crippen LogP contribution in [0.2, 0.25) is 0 Å². The van der Waals surface area contributed by atoms with E-state index in [9.17, 15) is 25.6 Å². The Kier molecular flexibility index (Phi) is 2.60. The van der Waals surface area contributed by atoms with Gasteiger partial charge in [0.15, 0.2) is 6.61 Å². The second kappa shape index (κ2) is 2.70. The van der Waals surface area contributed by atoms with E-state index in [1.807, 2.05) is 0 Å². The molecule has 10 heavy (non-hydrogen) atoms. The first kappa shape index (κ1) is 9.63. The van der Waals surface area contributed by atoms with Gasteiger partial charge in [0.2, 0.25) is 0 Å². The van der Waals surface area contributed by atoms with Gasteiger partial charge in [-0.25, -0.2) is 0 Å². The Morgan fingerprint density at radius 3 is 1.90 bits per heavy atom. The van der Waals surface area contributed by atoms with E-state index in [2.05, 4.69) is 4.94 Å². The molecular weight excluding hydrogens is 180 g/mol. The molecule has 0 aliphatic heterocycles. The van der Waals surface area contributed by atoms with Gasteiger partial charge < -0.3 is 0 Å². The first-order valence-electron chi connectivity index (χ1n) is 1.87. The van der Waals surface area contributed by atoms with Crippen molar-refractivity contribution in [2.45, 2.75) is 5.25 Å². The zero-order chi connectivity index (χ0) is 8.41. The van der Waals surface area contributed by atoms with E-state index in [1.54, 1.807) is 0 Å². The summed E-state index contributed by atoms with van der Waals surface area (Å²) in [5.74, 6) is 0. The van der Waals surface area contributed by atoms with E-state index >= 15 is 0 Å². The molecule has 0 rings (SSSR count). The van der Waals surface area contributed by atoms with Crippen molar-refractivity contribution in [2.24, 2.45) is 0 Å². The Morgan fingerprint density at radius 1 is 1.40 bits per heavy atom. The quantitative estimate of drug-likeness (QED) is 0.478. The molecule has 0 saturated heterocycles. The molecule has 0 amide bonds. The zero-order valence-electron chi connectivity index (χ0n) is 4.35. The van der Waals surface area contributed by atoms with Crippen LogP contribution in [-0.2, 0) is 15.2 Å². The average molecular weight is 182 g/mol. The van der Waals surface area contributed by atoms with Gasteiger partial charge in [-0.05, 0) is 4.53 Å². The summed E-state index contributed by atoms with van der Waals surface area (Å²) >= 11 is 0. The smallest absolute Gasteiger partial charge is 0.188 e. The number of hydrogen-bond acceptors (Lipinski definition) is 3. The largest absolute Gasteiger partial charge is 0.400 e. The Morgan fingerprint density at radius 2 is 1.80 bits per heavy atom. The predicted molar refractivity (Wildman–Crippen MR) is 22.0 cm³/mol. The van der Waals surface area contributed by atoms with Crippen LogP contribution in [0.5, 0.6) is 0 Å². The molecule has 0 N–H and O–H groups in total. The highest BCUT2D eigenvalue weighted by molar-refractivity contribution is 7.87. The van der Waals surface area contributed by atoms with Gasteiger partial charge in [-0.2, -0.15) is 22.1 Å². The lowest BCUT2D eigenvalue weighted by Crippen LogP contribution is -2.29. The average Bonchev–Trinajstić information content (AvgIpc) is 1.61. The number of alkyl halides is 2. The number of hydrogen-bond donors (Lipinski definition) is 0. The van der Waals surface area contributed by atoms with Crippen LogP contribution in [-0.4, -0.2) is 20.3 Å². The fourth-order valence-corrected chi connectivity index (χ4v) is 0.319. The summed E-state index contributed by atoms with van der Waals surface area (Å²) in [7, 11) is -6.06. The van der Waals surface area contributed by atoms with Crippen molar-refractivity contribution in [3.05, 3.63) is 0 Å². The molecule has 0 atom stereocenters. The standard InChI is InChI=1S/C2H2F4O3S/c3-2(4,1-9-5)10(6,7)8/h1H2. The Balaban J connectivity index is 4.42. The van der Waals surface area contributed by atoms with Crippen LogP contribution in [0.15, 0.2) is 0 Å². The molecule has 0 aromatic heterocycles. The Labute approximate surface area is 53.7 Å². The van der Waals surface area contributed by atoms with E-state index in [0.717, 1.165) is 0 Å². The van der Waals surface area contributed by atoms with E-state index in [-0.39, 0.29) is 0 Å². The van der Waals surface area contributed by atoms with Crippen molar-refractivity contribution in [1.82, 2.24) is 0 Å². The molecule has 0 saturated carbocycles. The summed E-state index contributed by atoms with van der Waals surface area (Å²) < 4.78 is 63.9. The maximum Gasteiger partial charge on any atom is 0.400 e. The molecule has 0 spiro atoms. The lowest BCUT2D eigenvalue weighted by molar-refractivity contribution is -0.175. The fourth-order valence-electron chi connectivity index (χ4n) is 0.134. The number of rotatable bonds is 3. The van der Waals surface area contributed by atoms with Gasteiger partial charge in [0.25, 0.3) is 0 Å². The van der Waals surface area contributed by atoms with E-state index < -0.39 is 22.1 Å². The molecule has 3 nitrogen and oxygen atoms in total. The molecule has 0 bridgehead atoms. The second-order valence-electron chi connectivity index (χ2n) is 1.33. The molecular formula is C2H2F4O3S. The predicted octanol–water partition coefficient (Wildman–Crippen LogP) is 0.780. The SMILES string of the molecule is O=S(=O)(F)C(F)(F)COF. The third-order valence-corrected chi connectivity index (χ3v) is 1.41. The molecule has 0 aromatic rings. The summed E-state index contributed by atoms with van der Waals surface area (Å²) in [6.45, 7) is -2.13. The van der Waals surface area contributed by atoms with Gasteiger partial charge in [-0.15, -0.1) is 0 Å². The summed E-state index contributed by atoms with van der Waals surface area (Å²) in [5, 5.41) is -4.80. The van der Waals surface area contributed by atoms with Gasteiger partial charge in [-0.3, -0.25) is 0 Å². The van der Waals surface area contributed by atoms with Crippen molar-refractivity contribution in [3.63, 3.8) is 0 Å². The monoisotopic (exact) mass is 182 g/mol. The maximum absolute atomic E-state index is 11.6. The lowest BCUT2D eigenvalue weighted by Gasteiger charge is -2.06. The maximum atomic E-state index is 11.6. The van der Waals surface area contributed by atoms with Crippen molar-refractivity contribution in [2.75, 3.05) is 6.61 Å². The summed E-state index contributed by atoms with van der Waals surface area (Å²) in [4.78, 5) is 2.26. The Bertz CT molecular complexity index is 197. The first-order chi connectivity index (χ1) is 4.31. The molecule has 0 aromatic carbocycles. The van der Waals surface area contributed by atoms with Crippen LogP contribution < -0.4 is 0 Å². The molecule has 0 fully saturated rings. The molecule has 62 valence electrons. The normalized spacial score (nSPS) is 13.6. The summed E-state index contributed by atoms with van der Waals surface area (Å²) in [5.41, 5.74) is 0. The highest BCUT2D eigenvalue weighted by Crippen LogP contribution is 2.23. The highest BCUT2D eigenvalue weighted by Gasteiger charge is 2.46. The first-order valence-corrected chi connectivity index (χ1v) is 3.25. The van der Waals surface area contributed by atoms with Gasteiger partial charge in [0, 0.05) is 0 Å². The minimum atomic E-state index is -6.06. The summed E-state index contributed by atoms with van der Waals surface area (Å²) in [6, 6.07) is 0. The van der Waals surface area contributed by atoms with E-state index in [0.29, 0.717) is 0 Å². The number of halogens is 4. The molecule has 0 unspecified atom stereocenters. The van der Waals surface area contributed by atoms with Crippen molar-refractivity contribution >= 4 is 10.2 Å². The van der Waals surface area contributed by atoms with Crippen LogP contribution in [0.25, 0.3) is 0 Å². The van der Waals surface area contributed by atoms with Crippen LogP contribution in [0.4, 0.5) is 17.2 Å². The second-order valence-corrected chi connectivity index (χ2v) is 2.80. The van der Waals surface area contributed by atoms with Gasteiger partial charge in [0.05, 0.1) is 0 Å². The third kappa shape index (κ3) is 2.10. The highest BCUT2D eigenvalue weighted by atomic mass is 32.3. The van der Waals surface area contributed by atoms with Crippen LogP contribution in [0, 0.1) is 0 Å². The summed E-state index contributed by atoms with van der Waals surface area (Å²) in [6.07, 6.45) is 0. The zero-order valence-corrected chi connectivity index (χ0v) is 5.17. The van der Waals surface area contributed by atoms with Crippen LogP contribution in [0.3, 0.4) is 0 Å². The van der Waals surface area contributed by atoms with Crippen molar-refractivity contribution < 1.29 is 30.6 Å². The van der Waals surface area contributed by atoms with Crippen LogP contribution >= 0.6 is 0 Å². The van der Waals surface area contributed by atoms with Crippen molar-refractivity contribution in [3.8, 4) is 0 Å². The third-order valence-electron chi connectivity index (χ3n) is 0.579. The van der Waals surface area contributed by atoms with Crippen LogP contribution in [0.1, 0.15) is 0 Å². The fraction of sp³-hybridized carbons (Fsp3) is 1.00. The van der Waals surface area contributed by atoms with E-state index in [1.165, 1.54) is 0 Å². The molecule has 0 aliphatic rings. The molecule has 0 heterocycles. The molecule has 0 aliphatic carbocycles. The van der Waals surface area contributed by atoms with Gasteiger partial charge in [0.1, 0.15) is 0 Å². The molecule has 8 heteroatoms. The minimum Gasteiger partial charge on any atom is -0.188 e. The topological polar surface area (TPSA) is 43.4 Å². The molecule has 0 radical (unpaired) electrons.